The fraction of sp³-hybridized carbons (Fsp3) is 0.111. The lowest BCUT2D eigenvalue weighted by molar-refractivity contribution is -0.131. The molecule has 5 rings (SSSR count). The van der Waals surface area contributed by atoms with Crippen molar-refractivity contribution in [3.8, 4) is 28.5 Å². The van der Waals surface area contributed by atoms with Crippen molar-refractivity contribution in [2.24, 2.45) is 5.41 Å². The number of ether oxygens (including phenoxy) is 1. The van der Waals surface area contributed by atoms with Crippen LogP contribution in [0.4, 0.5) is 26.1 Å². The van der Waals surface area contributed by atoms with E-state index < -0.39 is 28.9 Å². The summed E-state index contributed by atoms with van der Waals surface area (Å²) in [4.78, 5) is 33.5. The van der Waals surface area contributed by atoms with Gasteiger partial charge in [0.05, 0.1) is 5.69 Å². The summed E-state index contributed by atoms with van der Waals surface area (Å²) in [7, 11) is 0. The van der Waals surface area contributed by atoms with Gasteiger partial charge < -0.3 is 26.2 Å². The number of benzene rings is 3. The smallest absolute Gasteiger partial charge is 0.240 e. The number of nitrogens with one attached hydrogen (secondary N) is 2. The fourth-order valence-corrected chi connectivity index (χ4v) is 3.81. The summed E-state index contributed by atoms with van der Waals surface area (Å²) in [5, 5.41) is 15.4. The predicted octanol–water partition coefficient (Wildman–Crippen LogP) is 4.86. The molecule has 0 radical (unpaired) electrons. The number of nitrogens with two attached hydrogens (primary N) is 1. The van der Waals surface area contributed by atoms with E-state index in [4.69, 9.17) is 10.5 Å². The van der Waals surface area contributed by atoms with Gasteiger partial charge in [-0.15, -0.1) is 0 Å². The standard InChI is InChI=1S/C27H21F2N5O4/c28-15-1-3-16(4-2-15)32-24(36)27(10-11-27)25(37)33-17-5-8-23(20(29)13-17)38-18-6-7-22(35)19(14-18)21-9-12-31-26(30)34-21/h1-9,12-14,35H,10-11H2,(H,32,36)(H,33,37)(H2,30,31,34). The van der Waals surface area contributed by atoms with Crippen molar-refractivity contribution >= 4 is 29.1 Å². The summed E-state index contributed by atoms with van der Waals surface area (Å²) < 4.78 is 33.6. The highest BCUT2D eigenvalue weighted by Gasteiger charge is 2.56. The first-order valence-electron chi connectivity index (χ1n) is 11.5. The third kappa shape index (κ3) is 5.07. The summed E-state index contributed by atoms with van der Waals surface area (Å²) in [5.74, 6) is -2.25. The molecule has 0 saturated heterocycles. The molecule has 1 fully saturated rings. The first kappa shape index (κ1) is 24.6. The van der Waals surface area contributed by atoms with Crippen molar-refractivity contribution < 1.29 is 28.2 Å². The Kier molecular flexibility index (Phi) is 6.33. The topological polar surface area (TPSA) is 139 Å². The maximum absolute atomic E-state index is 14.9. The van der Waals surface area contributed by atoms with Gasteiger partial charge in [-0.1, -0.05) is 0 Å². The molecule has 2 amide bonds. The minimum atomic E-state index is -1.28. The van der Waals surface area contributed by atoms with Crippen LogP contribution >= 0.6 is 0 Å². The van der Waals surface area contributed by atoms with Gasteiger partial charge >= 0.3 is 0 Å². The van der Waals surface area contributed by atoms with E-state index in [1.807, 2.05) is 0 Å². The average molecular weight is 517 g/mol. The van der Waals surface area contributed by atoms with Crippen molar-refractivity contribution in [3.63, 3.8) is 0 Å². The van der Waals surface area contributed by atoms with Crippen molar-refractivity contribution in [1.82, 2.24) is 9.97 Å². The molecule has 3 aromatic carbocycles. The first-order valence-corrected chi connectivity index (χ1v) is 11.5. The number of nitrogens with zero attached hydrogens (tertiary/aromatic N) is 2. The number of hydrogen-bond acceptors (Lipinski definition) is 7. The fourth-order valence-electron chi connectivity index (χ4n) is 3.81. The number of phenolic OH excluding ortho intramolecular Hbond substituents is 1. The lowest BCUT2D eigenvalue weighted by Crippen LogP contribution is -2.35. The number of phenols is 1. The highest BCUT2D eigenvalue weighted by atomic mass is 19.1. The number of aromatic nitrogens is 2. The van der Waals surface area contributed by atoms with E-state index >= 15 is 0 Å². The van der Waals surface area contributed by atoms with Crippen LogP contribution in [0.1, 0.15) is 12.8 Å². The van der Waals surface area contributed by atoms with Crippen LogP contribution in [0.2, 0.25) is 0 Å². The molecule has 1 saturated carbocycles. The van der Waals surface area contributed by atoms with E-state index in [1.165, 1.54) is 60.8 Å². The average Bonchev–Trinajstić information content (AvgIpc) is 3.71. The Morgan fingerprint density at radius 1 is 0.921 bits per heavy atom. The third-order valence-electron chi connectivity index (χ3n) is 6.06. The number of hydrogen-bond donors (Lipinski definition) is 4. The zero-order valence-electron chi connectivity index (χ0n) is 19.7. The minimum absolute atomic E-state index is 0.0258. The zero-order chi connectivity index (χ0) is 26.9. The lowest BCUT2D eigenvalue weighted by Gasteiger charge is -2.16. The van der Waals surface area contributed by atoms with Crippen LogP contribution in [0.15, 0.2) is 72.9 Å². The molecule has 38 heavy (non-hydrogen) atoms. The van der Waals surface area contributed by atoms with Gasteiger partial charge in [0.15, 0.2) is 11.6 Å². The van der Waals surface area contributed by atoms with Gasteiger partial charge in [-0.25, -0.2) is 18.7 Å². The quantitative estimate of drug-likeness (QED) is 0.257. The van der Waals surface area contributed by atoms with E-state index in [9.17, 15) is 23.5 Å². The molecule has 1 aromatic heterocycles. The molecule has 0 atom stereocenters. The SMILES string of the molecule is Nc1nccc(-c2cc(Oc3ccc(NC(=O)C4(C(=O)Nc5ccc(F)cc5)CC4)cc3F)ccc2O)n1. The molecule has 192 valence electrons. The number of amides is 2. The molecular weight excluding hydrogens is 496 g/mol. The van der Waals surface area contributed by atoms with Crippen molar-refractivity contribution in [2.75, 3.05) is 16.4 Å². The van der Waals surface area contributed by atoms with E-state index in [2.05, 4.69) is 20.6 Å². The molecule has 11 heteroatoms. The van der Waals surface area contributed by atoms with Gasteiger partial charge in [-0.3, -0.25) is 9.59 Å². The Labute approximate surface area is 215 Å². The Morgan fingerprint density at radius 2 is 1.61 bits per heavy atom. The predicted molar refractivity (Wildman–Crippen MR) is 135 cm³/mol. The normalized spacial score (nSPS) is 13.4. The second-order valence-electron chi connectivity index (χ2n) is 8.72. The number of carbonyl (C=O) groups is 2. The van der Waals surface area contributed by atoms with Crippen LogP contribution in [0.5, 0.6) is 17.2 Å². The van der Waals surface area contributed by atoms with Crippen LogP contribution in [0.25, 0.3) is 11.3 Å². The third-order valence-corrected chi connectivity index (χ3v) is 6.06. The number of nitrogen functional groups attached to an aromatic ring is 1. The minimum Gasteiger partial charge on any atom is -0.507 e. The Hall–Kier alpha value is -5.06. The maximum atomic E-state index is 14.9. The molecule has 5 N–H and O–H groups in total. The maximum Gasteiger partial charge on any atom is 0.240 e. The van der Waals surface area contributed by atoms with Crippen LogP contribution in [-0.4, -0.2) is 26.9 Å². The van der Waals surface area contributed by atoms with Crippen LogP contribution in [-0.2, 0) is 9.59 Å². The summed E-state index contributed by atoms with van der Waals surface area (Å²) in [5.41, 5.74) is 5.51. The van der Waals surface area contributed by atoms with E-state index in [-0.39, 0.29) is 28.9 Å². The molecule has 0 unspecified atom stereocenters. The zero-order valence-corrected chi connectivity index (χ0v) is 19.7. The van der Waals surface area contributed by atoms with E-state index in [1.54, 1.807) is 6.07 Å². The van der Waals surface area contributed by atoms with Crippen LogP contribution in [0, 0.1) is 17.0 Å². The Morgan fingerprint density at radius 3 is 2.26 bits per heavy atom. The molecule has 0 spiro atoms. The number of carbonyl (C=O) groups excluding carboxylic acids is 2. The van der Waals surface area contributed by atoms with Gasteiger partial charge in [-0.2, -0.15) is 0 Å². The monoisotopic (exact) mass is 517 g/mol. The molecule has 0 aliphatic heterocycles. The second kappa shape index (κ2) is 9.77. The highest BCUT2D eigenvalue weighted by molar-refractivity contribution is 6.16. The summed E-state index contributed by atoms with van der Waals surface area (Å²) in [6, 6.07) is 14.9. The van der Waals surface area contributed by atoms with E-state index in [0.29, 0.717) is 29.8 Å². The molecule has 4 aromatic rings. The van der Waals surface area contributed by atoms with Gasteiger partial charge in [0.25, 0.3) is 0 Å². The molecule has 1 aliphatic rings. The number of halogens is 2. The Bertz CT molecular complexity index is 1540. The van der Waals surface area contributed by atoms with Crippen LogP contribution < -0.4 is 21.1 Å². The van der Waals surface area contributed by atoms with Crippen molar-refractivity contribution in [3.05, 3.63) is 84.6 Å². The Balaban J connectivity index is 1.27. The summed E-state index contributed by atoms with van der Waals surface area (Å²) in [6.07, 6.45) is 2.10. The largest absolute Gasteiger partial charge is 0.507 e. The number of anilines is 3. The first-order chi connectivity index (χ1) is 18.2. The van der Waals surface area contributed by atoms with Gasteiger partial charge in [-0.05, 0) is 73.5 Å². The molecular formula is C27H21F2N5O4. The summed E-state index contributed by atoms with van der Waals surface area (Å²) in [6.45, 7) is 0. The second-order valence-corrected chi connectivity index (χ2v) is 8.72. The van der Waals surface area contributed by atoms with Gasteiger partial charge in [0.2, 0.25) is 17.8 Å². The van der Waals surface area contributed by atoms with Crippen molar-refractivity contribution in [1.29, 1.82) is 0 Å². The highest BCUT2D eigenvalue weighted by Crippen LogP contribution is 2.47. The van der Waals surface area contributed by atoms with Crippen molar-refractivity contribution in [2.45, 2.75) is 12.8 Å². The number of rotatable bonds is 7. The van der Waals surface area contributed by atoms with Crippen LogP contribution in [0.3, 0.4) is 0 Å². The molecule has 9 nitrogen and oxygen atoms in total. The molecule has 1 heterocycles. The van der Waals surface area contributed by atoms with Gasteiger partial charge in [0.1, 0.15) is 22.7 Å². The van der Waals surface area contributed by atoms with E-state index in [0.717, 1.165) is 6.07 Å². The number of aromatic hydroxyl groups is 1. The summed E-state index contributed by atoms with van der Waals surface area (Å²) >= 11 is 0. The van der Waals surface area contributed by atoms with Gasteiger partial charge in [0, 0.05) is 29.2 Å². The molecule has 0 bridgehead atoms. The molecule has 1 aliphatic carbocycles. The lowest BCUT2D eigenvalue weighted by atomic mass is 10.0.